The second kappa shape index (κ2) is 8.94. The zero-order chi connectivity index (χ0) is 21.8. The first-order valence-electron chi connectivity index (χ1n) is 10.2. The topological polar surface area (TPSA) is 120 Å². The van der Waals surface area contributed by atoms with Crippen LogP contribution >= 0.6 is 0 Å². The number of nitrogens with zero attached hydrogens (tertiary/aromatic N) is 7. The van der Waals surface area contributed by atoms with Crippen molar-refractivity contribution in [2.24, 2.45) is 13.0 Å². The summed E-state index contributed by atoms with van der Waals surface area (Å²) in [5, 5.41) is 15.6. The lowest BCUT2D eigenvalue weighted by molar-refractivity contribution is -0.125. The molecule has 3 aromatic rings. The van der Waals surface area contributed by atoms with E-state index in [0.717, 1.165) is 19.4 Å². The van der Waals surface area contributed by atoms with Crippen molar-refractivity contribution in [3.63, 3.8) is 0 Å². The summed E-state index contributed by atoms with van der Waals surface area (Å²) in [7, 11) is 1.61. The fourth-order valence-corrected chi connectivity index (χ4v) is 3.61. The number of anilines is 1. The van der Waals surface area contributed by atoms with Gasteiger partial charge < -0.3 is 10.2 Å². The summed E-state index contributed by atoms with van der Waals surface area (Å²) in [6.07, 6.45) is 5.01. The van der Waals surface area contributed by atoms with E-state index in [0.29, 0.717) is 24.7 Å². The molecule has 0 aromatic carbocycles. The summed E-state index contributed by atoms with van der Waals surface area (Å²) in [4.78, 5) is 38.4. The van der Waals surface area contributed by atoms with E-state index >= 15 is 0 Å². The van der Waals surface area contributed by atoms with Crippen LogP contribution in [0.1, 0.15) is 12.8 Å². The SMILES string of the molecule is Cn1nc(N2CCCC(C(=O)NCCn3nc(-n4cccn4)ccc3=O)C2)ccc1=O. The summed E-state index contributed by atoms with van der Waals surface area (Å²) >= 11 is 0. The zero-order valence-corrected chi connectivity index (χ0v) is 17.2. The Morgan fingerprint density at radius 1 is 1.13 bits per heavy atom. The van der Waals surface area contributed by atoms with E-state index in [2.05, 4.69) is 20.6 Å². The second-order valence-electron chi connectivity index (χ2n) is 7.43. The first-order valence-corrected chi connectivity index (χ1v) is 10.2. The number of piperidine rings is 1. The Hall–Kier alpha value is -3.76. The van der Waals surface area contributed by atoms with Gasteiger partial charge in [0, 0.05) is 51.2 Å². The normalized spacial score (nSPS) is 16.3. The van der Waals surface area contributed by atoms with Gasteiger partial charge in [0.2, 0.25) is 5.91 Å². The minimum absolute atomic E-state index is 0.0641. The number of rotatable bonds is 6. The van der Waals surface area contributed by atoms with Crippen molar-refractivity contribution in [1.82, 2.24) is 34.7 Å². The van der Waals surface area contributed by atoms with Gasteiger partial charge in [-0.1, -0.05) is 0 Å². The van der Waals surface area contributed by atoms with Crippen LogP contribution in [-0.2, 0) is 18.4 Å². The summed E-state index contributed by atoms with van der Waals surface area (Å²) < 4.78 is 4.18. The molecule has 4 rings (SSSR count). The van der Waals surface area contributed by atoms with Gasteiger partial charge in [0.15, 0.2) is 5.82 Å². The molecule has 0 radical (unpaired) electrons. The number of hydrogen-bond acceptors (Lipinski definition) is 7. The Morgan fingerprint density at radius 2 is 1.94 bits per heavy atom. The van der Waals surface area contributed by atoms with Crippen molar-refractivity contribution in [3.8, 4) is 5.82 Å². The van der Waals surface area contributed by atoms with E-state index < -0.39 is 0 Å². The maximum absolute atomic E-state index is 12.7. The molecule has 1 N–H and O–H groups in total. The Balaban J connectivity index is 1.34. The minimum atomic E-state index is -0.241. The quantitative estimate of drug-likeness (QED) is 0.569. The smallest absolute Gasteiger partial charge is 0.266 e. The molecule has 11 nitrogen and oxygen atoms in total. The van der Waals surface area contributed by atoms with Crippen LogP contribution < -0.4 is 21.3 Å². The molecule has 0 aliphatic carbocycles. The highest BCUT2D eigenvalue weighted by atomic mass is 16.2. The van der Waals surface area contributed by atoms with Gasteiger partial charge in [0.25, 0.3) is 11.1 Å². The predicted octanol–water partition coefficient (Wildman–Crippen LogP) is -0.444. The molecule has 1 aliphatic rings. The number of nitrogens with one attached hydrogen (secondary N) is 1. The van der Waals surface area contributed by atoms with Crippen molar-refractivity contribution < 1.29 is 4.79 Å². The Morgan fingerprint density at radius 3 is 2.71 bits per heavy atom. The van der Waals surface area contributed by atoms with Crippen molar-refractivity contribution in [2.75, 3.05) is 24.5 Å². The molecule has 0 spiro atoms. The Bertz CT molecular complexity index is 1170. The van der Waals surface area contributed by atoms with Crippen LogP contribution in [0.5, 0.6) is 0 Å². The molecule has 1 amide bonds. The van der Waals surface area contributed by atoms with E-state index in [4.69, 9.17) is 0 Å². The fraction of sp³-hybridized carbons (Fsp3) is 0.400. The van der Waals surface area contributed by atoms with Crippen LogP contribution in [0.4, 0.5) is 5.82 Å². The van der Waals surface area contributed by atoms with Crippen molar-refractivity contribution in [1.29, 1.82) is 0 Å². The molecule has 1 unspecified atom stereocenters. The predicted molar refractivity (Wildman–Crippen MR) is 113 cm³/mol. The highest BCUT2D eigenvalue weighted by molar-refractivity contribution is 5.79. The van der Waals surface area contributed by atoms with Gasteiger partial charge in [-0.15, -0.1) is 5.10 Å². The number of carbonyl (C=O) groups is 1. The van der Waals surface area contributed by atoms with Crippen molar-refractivity contribution in [3.05, 3.63) is 63.4 Å². The molecule has 4 heterocycles. The molecule has 1 atom stereocenters. The Labute approximate surface area is 177 Å². The maximum atomic E-state index is 12.7. The second-order valence-corrected chi connectivity index (χ2v) is 7.43. The van der Waals surface area contributed by atoms with Gasteiger partial charge in [-0.25, -0.2) is 14.0 Å². The van der Waals surface area contributed by atoms with Gasteiger partial charge in [0.05, 0.1) is 12.5 Å². The van der Waals surface area contributed by atoms with Gasteiger partial charge >= 0.3 is 0 Å². The van der Waals surface area contributed by atoms with E-state index in [1.165, 1.54) is 21.5 Å². The first kappa shape index (κ1) is 20.5. The third-order valence-electron chi connectivity index (χ3n) is 5.28. The first-order chi connectivity index (χ1) is 15.0. The molecule has 1 fully saturated rings. The molecular formula is C20H24N8O3. The molecular weight excluding hydrogens is 400 g/mol. The average molecular weight is 424 g/mol. The minimum Gasteiger partial charge on any atom is -0.354 e. The fourth-order valence-electron chi connectivity index (χ4n) is 3.61. The molecule has 1 aliphatic heterocycles. The van der Waals surface area contributed by atoms with Gasteiger partial charge in [-0.05, 0) is 31.0 Å². The zero-order valence-electron chi connectivity index (χ0n) is 17.2. The highest BCUT2D eigenvalue weighted by Crippen LogP contribution is 2.20. The maximum Gasteiger partial charge on any atom is 0.266 e. The largest absolute Gasteiger partial charge is 0.354 e. The summed E-state index contributed by atoms with van der Waals surface area (Å²) in [5.41, 5.74) is -0.412. The van der Waals surface area contributed by atoms with Crippen molar-refractivity contribution in [2.45, 2.75) is 19.4 Å². The van der Waals surface area contributed by atoms with Crippen LogP contribution in [0.15, 0.2) is 52.3 Å². The number of hydrogen-bond donors (Lipinski definition) is 1. The van der Waals surface area contributed by atoms with Gasteiger partial charge in [-0.2, -0.15) is 10.2 Å². The summed E-state index contributed by atoms with van der Waals surface area (Å²) in [5.74, 6) is 0.966. The number of aryl methyl sites for hydroxylation is 1. The molecule has 3 aromatic heterocycles. The average Bonchev–Trinajstić information content (AvgIpc) is 3.32. The third kappa shape index (κ3) is 4.71. The number of aromatic nitrogens is 6. The molecule has 0 bridgehead atoms. The Kier molecular flexibility index (Phi) is 5.92. The van der Waals surface area contributed by atoms with Gasteiger partial charge in [0.1, 0.15) is 5.82 Å². The molecule has 162 valence electrons. The number of amides is 1. The van der Waals surface area contributed by atoms with Crippen LogP contribution in [0.25, 0.3) is 5.82 Å². The van der Waals surface area contributed by atoms with Crippen LogP contribution in [0.2, 0.25) is 0 Å². The third-order valence-corrected chi connectivity index (χ3v) is 5.28. The van der Waals surface area contributed by atoms with E-state index in [9.17, 15) is 14.4 Å². The monoisotopic (exact) mass is 424 g/mol. The number of carbonyl (C=O) groups excluding carboxylic acids is 1. The molecule has 0 saturated carbocycles. The van der Waals surface area contributed by atoms with E-state index in [-0.39, 0.29) is 29.5 Å². The molecule has 31 heavy (non-hydrogen) atoms. The lowest BCUT2D eigenvalue weighted by Crippen LogP contribution is -2.44. The summed E-state index contributed by atoms with van der Waals surface area (Å²) in [6, 6.07) is 7.98. The van der Waals surface area contributed by atoms with Crippen molar-refractivity contribution >= 4 is 11.7 Å². The summed E-state index contributed by atoms with van der Waals surface area (Å²) in [6.45, 7) is 1.87. The van der Waals surface area contributed by atoms with Gasteiger partial charge in [-0.3, -0.25) is 14.4 Å². The standard InChI is InChI=1S/C20H24N8O3/c1-25-18(29)7-5-16(23-25)26-11-2-4-15(14-26)20(31)21-10-13-28-19(30)8-6-17(24-28)27-12-3-9-22-27/h3,5-9,12,15H,2,4,10-11,13-14H2,1H3,(H,21,31). The van der Waals surface area contributed by atoms with Crippen LogP contribution in [-0.4, -0.2) is 54.9 Å². The van der Waals surface area contributed by atoms with Crippen LogP contribution in [0.3, 0.4) is 0 Å². The lowest BCUT2D eigenvalue weighted by Gasteiger charge is -2.32. The molecule has 11 heteroatoms. The van der Waals surface area contributed by atoms with Crippen LogP contribution in [0, 0.1) is 5.92 Å². The lowest BCUT2D eigenvalue weighted by atomic mass is 9.97. The van der Waals surface area contributed by atoms with E-state index in [1.54, 1.807) is 42.3 Å². The molecule has 1 saturated heterocycles. The van der Waals surface area contributed by atoms with E-state index in [1.807, 2.05) is 4.90 Å². The highest BCUT2D eigenvalue weighted by Gasteiger charge is 2.26.